The molecule has 0 unspecified atom stereocenters. The number of anilines is 1. The van der Waals surface area contributed by atoms with Crippen LogP contribution in [0.5, 0.6) is 11.5 Å². The number of rotatable bonds is 3. The van der Waals surface area contributed by atoms with Gasteiger partial charge in [0.25, 0.3) is 5.91 Å². The number of hydrogen-bond acceptors (Lipinski definition) is 4. The van der Waals surface area contributed by atoms with Crippen LogP contribution in [-0.2, 0) is 0 Å². The third-order valence-electron chi connectivity index (χ3n) is 2.68. The van der Waals surface area contributed by atoms with Crippen LogP contribution in [0.3, 0.4) is 0 Å². The molecule has 4 N–H and O–H groups in total. The SMILES string of the molecule is O=C(Nc1ccc(O)cc1C(=O)O)c1cc(O)ccc1Cl. The Kier molecular flexibility index (Phi) is 4.00. The van der Waals surface area contributed by atoms with Crippen LogP contribution in [0.1, 0.15) is 20.7 Å². The van der Waals surface area contributed by atoms with Gasteiger partial charge in [0, 0.05) is 0 Å². The lowest BCUT2D eigenvalue weighted by Crippen LogP contribution is -2.15. The van der Waals surface area contributed by atoms with E-state index in [4.69, 9.17) is 16.7 Å². The van der Waals surface area contributed by atoms with Gasteiger partial charge in [0.05, 0.1) is 21.8 Å². The van der Waals surface area contributed by atoms with Gasteiger partial charge < -0.3 is 20.6 Å². The highest BCUT2D eigenvalue weighted by Gasteiger charge is 2.16. The maximum absolute atomic E-state index is 12.1. The zero-order chi connectivity index (χ0) is 15.6. The average Bonchev–Trinajstić information content (AvgIpc) is 2.43. The number of nitrogens with one attached hydrogen (secondary N) is 1. The highest BCUT2D eigenvalue weighted by atomic mass is 35.5. The lowest BCUT2D eigenvalue weighted by Gasteiger charge is -2.10. The maximum atomic E-state index is 12.1. The van der Waals surface area contributed by atoms with Crippen molar-refractivity contribution in [2.45, 2.75) is 0 Å². The summed E-state index contributed by atoms with van der Waals surface area (Å²) in [6.07, 6.45) is 0. The predicted octanol–water partition coefficient (Wildman–Crippen LogP) is 2.70. The van der Waals surface area contributed by atoms with Crippen molar-refractivity contribution in [1.29, 1.82) is 0 Å². The van der Waals surface area contributed by atoms with Crippen molar-refractivity contribution in [3.8, 4) is 11.5 Å². The van der Waals surface area contributed by atoms with E-state index in [2.05, 4.69) is 5.32 Å². The Balaban J connectivity index is 2.36. The summed E-state index contributed by atoms with van der Waals surface area (Å²) in [7, 11) is 0. The zero-order valence-corrected chi connectivity index (χ0v) is 11.3. The molecule has 2 aromatic rings. The molecule has 0 saturated heterocycles. The van der Waals surface area contributed by atoms with E-state index in [9.17, 15) is 19.8 Å². The second-order valence-electron chi connectivity index (χ2n) is 4.15. The Labute approximate surface area is 124 Å². The van der Waals surface area contributed by atoms with Crippen molar-refractivity contribution in [1.82, 2.24) is 0 Å². The summed E-state index contributed by atoms with van der Waals surface area (Å²) in [5, 5.41) is 30.2. The minimum absolute atomic E-state index is 0.00100. The first-order chi connectivity index (χ1) is 9.88. The van der Waals surface area contributed by atoms with Crippen LogP contribution < -0.4 is 5.32 Å². The standard InChI is InChI=1S/C14H10ClNO5/c15-11-3-1-7(17)5-9(11)13(19)16-12-4-2-8(18)6-10(12)14(20)21/h1-6,17-18H,(H,16,19)(H,20,21). The molecule has 0 aliphatic carbocycles. The highest BCUT2D eigenvalue weighted by molar-refractivity contribution is 6.34. The zero-order valence-electron chi connectivity index (χ0n) is 10.5. The molecule has 0 saturated carbocycles. The Hall–Kier alpha value is -2.73. The minimum atomic E-state index is -1.30. The van der Waals surface area contributed by atoms with E-state index in [1.165, 1.54) is 30.3 Å². The number of carbonyl (C=O) groups excluding carboxylic acids is 1. The van der Waals surface area contributed by atoms with Gasteiger partial charge in [-0.3, -0.25) is 4.79 Å². The largest absolute Gasteiger partial charge is 0.508 e. The minimum Gasteiger partial charge on any atom is -0.508 e. The summed E-state index contributed by atoms with van der Waals surface area (Å²) in [5.74, 6) is -2.36. The predicted molar refractivity (Wildman–Crippen MR) is 76.1 cm³/mol. The smallest absolute Gasteiger partial charge is 0.337 e. The lowest BCUT2D eigenvalue weighted by atomic mass is 10.1. The van der Waals surface area contributed by atoms with Crippen LogP contribution in [0.4, 0.5) is 5.69 Å². The number of phenolic OH excluding ortho intramolecular Hbond substituents is 2. The van der Waals surface area contributed by atoms with Gasteiger partial charge >= 0.3 is 5.97 Å². The second-order valence-corrected chi connectivity index (χ2v) is 4.56. The molecule has 2 rings (SSSR count). The number of hydrogen-bond donors (Lipinski definition) is 4. The number of amides is 1. The summed E-state index contributed by atoms with van der Waals surface area (Å²) in [5.41, 5.74) is -0.259. The quantitative estimate of drug-likeness (QED) is 0.652. The van der Waals surface area contributed by atoms with E-state index in [-0.39, 0.29) is 33.3 Å². The van der Waals surface area contributed by atoms with Crippen molar-refractivity contribution in [2.75, 3.05) is 5.32 Å². The molecule has 0 aromatic heterocycles. The van der Waals surface area contributed by atoms with Gasteiger partial charge in [0.15, 0.2) is 0 Å². The lowest BCUT2D eigenvalue weighted by molar-refractivity contribution is 0.0697. The van der Waals surface area contributed by atoms with Crippen LogP contribution >= 0.6 is 11.6 Å². The number of benzene rings is 2. The molecule has 0 spiro atoms. The van der Waals surface area contributed by atoms with Crippen molar-refractivity contribution in [3.63, 3.8) is 0 Å². The molecule has 0 atom stereocenters. The Morgan fingerprint density at radius 2 is 1.52 bits per heavy atom. The molecule has 1 amide bonds. The third kappa shape index (κ3) is 3.24. The molecule has 108 valence electrons. The van der Waals surface area contributed by atoms with E-state index in [0.717, 1.165) is 6.07 Å². The van der Waals surface area contributed by atoms with Gasteiger partial charge in [-0.2, -0.15) is 0 Å². The number of carboxylic acids is 1. The van der Waals surface area contributed by atoms with Gasteiger partial charge in [-0.1, -0.05) is 11.6 Å². The number of halogens is 1. The Morgan fingerprint density at radius 3 is 2.14 bits per heavy atom. The number of phenols is 2. The number of carboxylic acid groups (broad SMARTS) is 1. The maximum Gasteiger partial charge on any atom is 0.337 e. The van der Waals surface area contributed by atoms with Crippen LogP contribution in [0.15, 0.2) is 36.4 Å². The molecule has 0 aliphatic rings. The van der Waals surface area contributed by atoms with Gasteiger partial charge in [-0.15, -0.1) is 0 Å². The second kappa shape index (κ2) is 5.72. The normalized spacial score (nSPS) is 10.1. The van der Waals surface area contributed by atoms with Crippen LogP contribution in [-0.4, -0.2) is 27.2 Å². The molecular formula is C14H10ClNO5. The summed E-state index contributed by atoms with van der Waals surface area (Å²) >= 11 is 5.86. The van der Waals surface area contributed by atoms with E-state index < -0.39 is 11.9 Å². The van der Waals surface area contributed by atoms with E-state index in [1.54, 1.807) is 0 Å². The molecule has 21 heavy (non-hydrogen) atoms. The monoisotopic (exact) mass is 307 g/mol. The fourth-order valence-electron chi connectivity index (χ4n) is 1.70. The molecule has 0 heterocycles. The Morgan fingerprint density at radius 1 is 0.952 bits per heavy atom. The van der Waals surface area contributed by atoms with E-state index >= 15 is 0 Å². The fraction of sp³-hybridized carbons (Fsp3) is 0. The molecule has 0 fully saturated rings. The topological polar surface area (TPSA) is 107 Å². The number of aromatic carboxylic acids is 1. The first-order valence-electron chi connectivity index (χ1n) is 5.74. The third-order valence-corrected chi connectivity index (χ3v) is 3.01. The van der Waals surface area contributed by atoms with Gasteiger partial charge in [0.2, 0.25) is 0 Å². The number of aromatic hydroxyl groups is 2. The molecule has 0 bridgehead atoms. The first kappa shape index (κ1) is 14.7. The van der Waals surface area contributed by atoms with Crippen molar-refractivity contribution in [2.24, 2.45) is 0 Å². The molecule has 7 heteroatoms. The number of carbonyl (C=O) groups is 2. The Bertz CT molecular complexity index is 729. The molecule has 0 radical (unpaired) electrons. The molecule has 6 nitrogen and oxygen atoms in total. The summed E-state index contributed by atoms with van der Waals surface area (Å²) < 4.78 is 0. The van der Waals surface area contributed by atoms with Gasteiger partial charge in [-0.25, -0.2) is 4.79 Å². The van der Waals surface area contributed by atoms with Crippen LogP contribution in [0.25, 0.3) is 0 Å². The molecular weight excluding hydrogens is 298 g/mol. The summed E-state index contributed by atoms with van der Waals surface area (Å²) in [4.78, 5) is 23.2. The summed E-state index contributed by atoms with van der Waals surface area (Å²) in [6.45, 7) is 0. The van der Waals surface area contributed by atoms with Gasteiger partial charge in [-0.05, 0) is 36.4 Å². The highest BCUT2D eigenvalue weighted by Crippen LogP contribution is 2.25. The first-order valence-corrected chi connectivity index (χ1v) is 6.12. The molecule has 2 aromatic carbocycles. The van der Waals surface area contributed by atoms with E-state index in [1.807, 2.05) is 0 Å². The van der Waals surface area contributed by atoms with Gasteiger partial charge in [0.1, 0.15) is 11.5 Å². The average molecular weight is 308 g/mol. The van der Waals surface area contributed by atoms with Crippen molar-refractivity contribution in [3.05, 3.63) is 52.5 Å². The van der Waals surface area contributed by atoms with Crippen molar-refractivity contribution < 1.29 is 24.9 Å². The van der Waals surface area contributed by atoms with Crippen molar-refractivity contribution >= 4 is 29.2 Å². The summed E-state index contributed by atoms with van der Waals surface area (Å²) in [6, 6.07) is 7.35. The van der Waals surface area contributed by atoms with Crippen LogP contribution in [0.2, 0.25) is 5.02 Å². The fourth-order valence-corrected chi connectivity index (χ4v) is 1.90. The van der Waals surface area contributed by atoms with E-state index in [0.29, 0.717) is 0 Å². The van der Waals surface area contributed by atoms with Crippen LogP contribution in [0, 0.1) is 0 Å². The molecule has 0 aliphatic heterocycles.